The number of hydrogen-bond donors (Lipinski definition) is 1. The van der Waals surface area contributed by atoms with Crippen molar-refractivity contribution in [3.05, 3.63) is 54.4 Å². The van der Waals surface area contributed by atoms with Crippen LogP contribution in [0, 0.1) is 0 Å². The van der Waals surface area contributed by atoms with Crippen LogP contribution in [0.5, 0.6) is 5.75 Å². The standard InChI is InChI=1S/C15H12N2O4/c1-20-12-6-3-2-5-11(12)17-14(13-7-4-8-21-13)10(9-16-17)15(18)19/h2-9H,1H3,(H,18,19). The van der Waals surface area contributed by atoms with Crippen LogP contribution < -0.4 is 4.74 Å². The zero-order valence-electron chi connectivity index (χ0n) is 11.2. The van der Waals surface area contributed by atoms with Crippen molar-refractivity contribution in [1.82, 2.24) is 9.78 Å². The summed E-state index contributed by atoms with van der Waals surface area (Å²) in [6.07, 6.45) is 2.78. The van der Waals surface area contributed by atoms with E-state index in [0.29, 0.717) is 22.9 Å². The maximum Gasteiger partial charge on any atom is 0.339 e. The highest BCUT2D eigenvalue weighted by Crippen LogP contribution is 2.30. The number of nitrogens with zero attached hydrogens (tertiary/aromatic N) is 2. The topological polar surface area (TPSA) is 77.5 Å². The highest BCUT2D eigenvalue weighted by molar-refractivity contribution is 5.94. The number of ether oxygens (including phenoxy) is 1. The van der Waals surface area contributed by atoms with Gasteiger partial charge in [0.1, 0.15) is 22.7 Å². The molecule has 1 N–H and O–H groups in total. The first-order valence-corrected chi connectivity index (χ1v) is 6.21. The van der Waals surface area contributed by atoms with Crippen molar-refractivity contribution in [2.24, 2.45) is 0 Å². The Bertz CT molecular complexity index is 775. The van der Waals surface area contributed by atoms with Crippen molar-refractivity contribution < 1.29 is 19.1 Å². The highest BCUT2D eigenvalue weighted by atomic mass is 16.5. The lowest BCUT2D eigenvalue weighted by molar-refractivity contribution is 0.0697. The van der Waals surface area contributed by atoms with Crippen LogP contribution in [0.1, 0.15) is 10.4 Å². The number of methoxy groups -OCH3 is 1. The van der Waals surface area contributed by atoms with E-state index < -0.39 is 5.97 Å². The van der Waals surface area contributed by atoms with Crippen LogP contribution >= 0.6 is 0 Å². The van der Waals surface area contributed by atoms with Crippen molar-refractivity contribution >= 4 is 5.97 Å². The van der Waals surface area contributed by atoms with Crippen molar-refractivity contribution in [3.63, 3.8) is 0 Å². The number of aromatic carboxylic acids is 1. The highest BCUT2D eigenvalue weighted by Gasteiger charge is 2.22. The van der Waals surface area contributed by atoms with E-state index >= 15 is 0 Å². The molecule has 0 saturated carbocycles. The quantitative estimate of drug-likeness (QED) is 0.797. The number of benzene rings is 1. The monoisotopic (exact) mass is 284 g/mol. The number of furan rings is 1. The minimum atomic E-state index is -1.07. The molecule has 0 aliphatic heterocycles. The predicted octanol–water partition coefficient (Wildman–Crippen LogP) is 2.84. The van der Waals surface area contributed by atoms with E-state index in [1.165, 1.54) is 17.1 Å². The summed E-state index contributed by atoms with van der Waals surface area (Å²) in [5.41, 5.74) is 1.08. The molecule has 3 rings (SSSR count). The molecule has 0 unspecified atom stereocenters. The number of aromatic nitrogens is 2. The zero-order valence-corrected chi connectivity index (χ0v) is 11.2. The molecule has 0 atom stereocenters. The molecule has 6 nitrogen and oxygen atoms in total. The molecule has 0 aliphatic rings. The van der Waals surface area contributed by atoms with Crippen LogP contribution in [0.4, 0.5) is 0 Å². The van der Waals surface area contributed by atoms with E-state index in [1.54, 1.807) is 31.4 Å². The summed E-state index contributed by atoms with van der Waals surface area (Å²) in [6.45, 7) is 0. The molecule has 0 fully saturated rings. The second kappa shape index (κ2) is 5.16. The van der Waals surface area contributed by atoms with Gasteiger partial charge in [-0.15, -0.1) is 0 Å². The Labute approximate surface area is 120 Å². The fourth-order valence-corrected chi connectivity index (χ4v) is 2.14. The minimum Gasteiger partial charge on any atom is -0.494 e. The van der Waals surface area contributed by atoms with Gasteiger partial charge in [-0.3, -0.25) is 0 Å². The molecule has 2 heterocycles. The molecular formula is C15H12N2O4. The van der Waals surface area contributed by atoms with E-state index in [9.17, 15) is 9.90 Å². The first-order chi connectivity index (χ1) is 10.2. The van der Waals surface area contributed by atoms with Gasteiger partial charge in [0.15, 0.2) is 5.76 Å². The summed E-state index contributed by atoms with van der Waals surface area (Å²) < 4.78 is 12.1. The number of carboxylic acid groups (broad SMARTS) is 1. The van der Waals surface area contributed by atoms with Crippen LogP contribution in [0.3, 0.4) is 0 Å². The third-order valence-electron chi connectivity index (χ3n) is 3.07. The third kappa shape index (κ3) is 2.16. The maximum absolute atomic E-state index is 11.4. The molecule has 0 bridgehead atoms. The Balaban J connectivity index is 2.27. The summed E-state index contributed by atoms with van der Waals surface area (Å²) in [6, 6.07) is 10.6. The van der Waals surface area contributed by atoms with E-state index in [1.807, 2.05) is 12.1 Å². The van der Waals surface area contributed by atoms with Crippen molar-refractivity contribution in [2.75, 3.05) is 7.11 Å². The maximum atomic E-state index is 11.4. The van der Waals surface area contributed by atoms with Crippen LogP contribution in [0.25, 0.3) is 17.1 Å². The molecule has 6 heteroatoms. The summed E-state index contributed by atoms with van der Waals surface area (Å²) in [5.74, 6) is -0.0521. The molecule has 21 heavy (non-hydrogen) atoms. The Morgan fingerprint density at radius 2 is 2.10 bits per heavy atom. The van der Waals surface area contributed by atoms with Gasteiger partial charge in [-0.25, -0.2) is 9.48 Å². The van der Waals surface area contributed by atoms with Gasteiger partial charge in [0.05, 0.1) is 19.6 Å². The molecule has 0 saturated heterocycles. The average molecular weight is 284 g/mol. The Kier molecular flexibility index (Phi) is 3.19. The fourth-order valence-electron chi connectivity index (χ4n) is 2.14. The lowest BCUT2D eigenvalue weighted by Crippen LogP contribution is -2.04. The third-order valence-corrected chi connectivity index (χ3v) is 3.07. The van der Waals surface area contributed by atoms with Gasteiger partial charge in [-0.05, 0) is 24.3 Å². The molecule has 1 aromatic carbocycles. The Hall–Kier alpha value is -3.02. The number of hydrogen-bond acceptors (Lipinski definition) is 4. The number of rotatable bonds is 4. The van der Waals surface area contributed by atoms with Crippen molar-refractivity contribution in [1.29, 1.82) is 0 Å². The zero-order chi connectivity index (χ0) is 14.8. The van der Waals surface area contributed by atoms with E-state index in [-0.39, 0.29) is 5.56 Å². The number of para-hydroxylation sites is 2. The van der Waals surface area contributed by atoms with Gasteiger partial charge in [-0.2, -0.15) is 5.10 Å². The molecule has 0 spiro atoms. The van der Waals surface area contributed by atoms with Crippen LogP contribution in [0.2, 0.25) is 0 Å². The first-order valence-electron chi connectivity index (χ1n) is 6.21. The first kappa shape index (κ1) is 13.0. The lowest BCUT2D eigenvalue weighted by Gasteiger charge is -2.10. The van der Waals surface area contributed by atoms with Crippen LogP contribution in [-0.2, 0) is 0 Å². The van der Waals surface area contributed by atoms with E-state index in [0.717, 1.165) is 0 Å². The van der Waals surface area contributed by atoms with Gasteiger partial charge in [0, 0.05) is 0 Å². The minimum absolute atomic E-state index is 0.0656. The van der Waals surface area contributed by atoms with Gasteiger partial charge >= 0.3 is 5.97 Å². The fraction of sp³-hybridized carbons (Fsp3) is 0.0667. The van der Waals surface area contributed by atoms with E-state index in [2.05, 4.69) is 5.10 Å². The van der Waals surface area contributed by atoms with Crippen LogP contribution in [-0.4, -0.2) is 28.0 Å². The molecule has 0 amide bonds. The second-order valence-electron chi connectivity index (χ2n) is 4.27. The summed E-state index contributed by atoms with van der Waals surface area (Å²) >= 11 is 0. The molecule has 0 aliphatic carbocycles. The van der Waals surface area contributed by atoms with Gasteiger partial charge in [0.2, 0.25) is 0 Å². The number of carboxylic acids is 1. The van der Waals surface area contributed by atoms with Crippen LogP contribution in [0.15, 0.2) is 53.3 Å². The predicted molar refractivity (Wildman–Crippen MR) is 74.8 cm³/mol. The van der Waals surface area contributed by atoms with Crippen molar-refractivity contribution in [2.45, 2.75) is 0 Å². The number of carbonyl (C=O) groups is 1. The van der Waals surface area contributed by atoms with Crippen molar-refractivity contribution in [3.8, 4) is 22.9 Å². The van der Waals surface area contributed by atoms with E-state index in [4.69, 9.17) is 9.15 Å². The average Bonchev–Trinajstić information content (AvgIpc) is 3.15. The van der Waals surface area contributed by atoms with Gasteiger partial charge < -0.3 is 14.3 Å². The molecular weight excluding hydrogens is 272 g/mol. The summed E-state index contributed by atoms with van der Waals surface area (Å²) in [7, 11) is 1.55. The second-order valence-corrected chi connectivity index (χ2v) is 4.27. The Morgan fingerprint density at radius 1 is 1.29 bits per heavy atom. The van der Waals surface area contributed by atoms with Gasteiger partial charge in [-0.1, -0.05) is 12.1 Å². The molecule has 2 aromatic heterocycles. The largest absolute Gasteiger partial charge is 0.494 e. The SMILES string of the molecule is COc1ccccc1-n1ncc(C(=O)O)c1-c1ccco1. The normalized spacial score (nSPS) is 10.5. The smallest absolute Gasteiger partial charge is 0.339 e. The Morgan fingerprint density at radius 3 is 2.76 bits per heavy atom. The summed E-state index contributed by atoms with van der Waals surface area (Å²) in [4.78, 5) is 11.4. The molecule has 0 radical (unpaired) electrons. The van der Waals surface area contributed by atoms with Gasteiger partial charge in [0.25, 0.3) is 0 Å². The molecule has 106 valence electrons. The molecule has 3 aromatic rings. The lowest BCUT2D eigenvalue weighted by atomic mass is 10.2. The summed E-state index contributed by atoms with van der Waals surface area (Å²) in [5, 5.41) is 13.5.